The number of carbonyl (C=O) groups excluding carboxylic acids is 1. The minimum absolute atomic E-state index is 0.0169. The molecule has 0 atom stereocenters. The number of nitrogens with zero attached hydrogens (tertiary/aromatic N) is 2. The number of hydrogen-bond donors (Lipinski definition) is 1. The second-order valence-electron chi connectivity index (χ2n) is 7.06. The Bertz CT molecular complexity index is 811. The lowest BCUT2D eigenvalue weighted by Crippen LogP contribution is -2.38. The number of halogens is 4. The Morgan fingerprint density at radius 1 is 1.26 bits per heavy atom. The SMILES string of the molecule is Cc1ccn(C[C@H]2CC[C@H](NC(=O)c3cc(C(F)(F)F)ccc3Cl)CC2)n1. The van der Waals surface area contributed by atoms with Crippen LogP contribution in [0.25, 0.3) is 0 Å². The van der Waals surface area contributed by atoms with Gasteiger partial charge in [-0.1, -0.05) is 11.6 Å². The minimum atomic E-state index is -4.51. The van der Waals surface area contributed by atoms with E-state index in [-0.39, 0.29) is 16.6 Å². The number of rotatable bonds is 4. The number of benzene rings is 1. The summed E-state index contributed by atoms with van der Waals surface area (Å²) < 4.78 is 40.5. The predicted molar refractivity (Wildman–Crippen MR) is 96.6 cm³/mol. The van der Waals surface area contributed by atoms with E-state index in [0.717, 1.165) is 56.1 Å². The maximum Gasteiger partial charge on any atom is 0.416 e. The summed E-state index contributed by atoms with van der Waals surface area (Å²) in [6, 6.07) is 4.70. The van der Waals surface area contributed by atoms with Crippen molar-refractivity contribution in [2.75, 3.05) is 0 Å². The maximum absolute atomic E-state index is 12.9. The van der Waals surface area contributed by atoms with E-state index >= 15 is 0 Å². The van der Waals surface area contributed by atoms with Gasteiger partial charge < -0.3 is 5.32 Å². The number of amides is 1. The number of aryl methyl sites for hydroxylation is 1. The van der Waals surface area contributed by atoms with Crippen LogP contribution in [0.5, 0.6) is 0 Å². The zero-order valence-electron chi connectivity index (χ0n) is 14.9. The van der Waals surface area contributed by atoms with Crippen LogP contribution in [-0.4, -0.2) is 21.7 Å². The molecular formula is C19H21ClF3N3O. The van der Waals surface area contributed by atoms with E-state index in [2.05, 4.69) is 10.4 Å². The fraction of sp³-hybridized carbons (Fsp3) is 0.474. The van der Waals surface area contributed by atoms with E-state index in [9.17, 15) is 18.0 Å². The van der Waals surface area contributed by atoms with Gasteiger partial charge in [-0.15, -0.1) is 0 Å². The van der Waals surface area contributed by atoms with Crippen molar-refractivity contribution < 1.29 is 18.0 Å². The number of aromatic nitrogens is 2. The van der Waals surface area contributed by atoms with Crippen molar-refractivity contribution >= 4 is 17.5 Å². The molecule has 1 amide bonds. The van der Waals surface area contributed by atoms with Crippen LogP contribution in [-0.2, 0) is 12.7 Å². The highest BCUT2D eigenvalue weighted by Crippen LogP contribution is 2.32. The van der Waals surface area contributed by atoms with Crippen molar-refractivity contribution in [3.8, 4) is 0 Å². The molecule has 8 heteroatoms. The first kappa shape index (κ1) is 19.7. The lowest BCUT2D eigenvalue weighted by atomic mass is 9.86. The van der Waals surface area contributed by atoms with Gasteiger partial charge in [0.1, 0.15) is 0 Å². The fourth-order valence-corrected chi connectivity index (χ4v) is 3.66. The Balaban J connectivity index is 1.56. The molecular weight excluding hydrogens is 379 g/mol. The Labute approximate surface area is 160 Å². The van der Waals surface area contributed by atoms with Crippen LogP contribution in [0.2, 0.25) is 5.02 Å². The van der Waals surface area contributed by atoms with Gasteiger partial charge in [0.2, 0.25) is 0 Å². The van der Waals surface area contributed by atoms with Gasteiger partial charge in [0.15, 0.2) is 0 Å². The lowest BCUT2D eigenvalue weighted by molar-refractivity contribution is -0.137. The zero-order valence-corrected chi connectivity index (χ0v) is 15.6. The highest BCUT2D eigenvalue weighted by molar-refractivity contribution is 6.33. The third-order valence-corrected chi connectivity index (χ3v) is 5.27. The van der Waals surface area contributed by atoms with Crippen LogP contribution >= 0.6 is 11.6 Å². The molecule has 4 nitrogen and oxygen atoms in total. The van der Waals surface area contributed by atoms with Crippen molar-refractivity contribution in [2.45, 2.75) is 51.4 Å². The van der Waals surface area contributed by atoms with Gasteiger partial charge in [-0.05, 0) is 62.8 Å². The molecule has 27 heavy (non-hydrogen) atoms. The minimum Gasteiger partial charge on any atom is -0.349 e. The first-order valence-electron chi connectivity index (χ1n) is 8.90. The van der Waals surface area contributed by atoms with Crippen LogP contribution in [0.3, 0.4) is 0 Å². The van der Waals surface area contributed by atoms with Crippen molar-refractivity contribution in [1.29, 1.82) is 0 Å². The fourth-order valence-electron chi connectivity index (χ4n) is 3.46. The Hall–Kier alpha value is -2.02. The normalized spacial score (nSPS) is 20.5. The summed E-state index contributed by atoms with van der Waals surface area (Å²) in [5.74, 6) is -0.0770. The van der Waals surface area contributed by atoms with E-state index in [1.807, 2.05) is 23.9 Å². The molecule has 3 rings (SSSR count). The first-order valence-corrected chi connectivity index (χ1v) is 9.28. The van der Waals surface area contributed by atoms with Gasteiger partial charge in [-0.3, -0.25) is 9.48 Å². The molecule has 0 bridgehead atoms. The zero-order chi connectivity index (χ0) is 19.6. The quantitative estimate of drug-likeness (QED) is 0.798. The van der Waals surface area contributed by atoms with Crippen molar-refractivity contribution in [2.24, 2.45) is 5.92 Å². The molecule has 1 aliphatic carbocycles. The molecule has 0 saturated heterocycles. The Morgan fingerprint density at radius 3 is 2.56 bits per heavy atom. The third-order valence-electron chi connectivity index (χ3n) is 4.94. The van der Waals surface area contributed by atoms with E-state index in [1.165, 1.54) is 0 Å². The van der Waals surface area contributed by atoms with E-state index in [4.69, 9.17) is 11.6 Å². The first-order chi connectivity index (χ1) is 12.7. The second kappa shape index (κ2) is 7.92. The van der Waals surface area contributed by atoms with Crippen LogP contribution in [0.4, 0.5) is 13.2 Å². The molecule has 1 aliphatic rings. The van der Waals surface area contributed by atoms with E-state index < -0.39 is 17.6 Å². The summed E-state index contributed by atoms with van der Waals surface area (Å²) in [6.45, 7) is 2.79. The van der Waals surface area contributed by atoms with Crippen molar-refractivity contribution in [3.63, 3.8) is 0 Å². The monoisotopic (exact) mass is 399 g/mol. The van der Waals surface area contributed by atoms with Crippen LogP contribution < -0.4 is 5.32 Å². The summed E-state index contributed by atoms with van der Waals surface area (Å²) in [6.07, 6.45) is 0.877. The van der Waals surface area contributed by atoms with Crippen LogP contribution in [0, 0.1) is 12.8 Å². The van der Waals surface area contributed by atoms with Crippen molar-refractivity contribution in [1.82, 2.24) is 15.1 Å². The summed E-state index contributed by atoms with van der Waals surface area (Å²) >= 11 is 5.94. The lowest BCUT2D eigenvalue weighted by Gasteiger charge is -2.29. The Kier molecular flexibility index (Phi) is 5.79. The van der Waals surface area contributed by atoms with Gasteiger partial charge in [-0.25, -0.2) is 0 Å². The summed E-state index contributed by atoms with van der Waals surface area (Å²) in [5.41, 5.74) is -0.0372. The molecule has 0 unspecified atom stereocenters. The summed E-state index contributed by atoms with van der Waals surface area (Å²) in [4.78, 5) is 12.4. The molecule has 1 heterocycles. The molecule has 1 aromatic heterocycles. The highest BCUT2D eigenvalue weighted by atomic mass is 35.5. The smallest absolute Gasteiger partial charge is 0.349 e. The summed E-state index contributed by atoms with van der Waals surface area (Å²) in [7, 11) is 0. The van der Waals surface area contributed by atoms with Gasteiger partial charge >= 0.3 is 6.18 Å². The largest absolute Gasteiger partial charge is 0.416 e. The predicted octanol–water partition coefficient (Wildman–Crippen LogP) is 4.85. The second-order valence-corrected chi connectivity index (χ2v) is 7.47. The average Bonchev–Trinajstić information content (AvgIpc) is 3.01. The molecule has 0 aliphatic heterocycles. The average molecular weight is 400 g/mol. The maximum atomic E-state index is 12.9. The number of hydrogen-bond acceptors (Lipinski definition) is 2. The molecule has 2 aromatic rings. The van der Waals surface area contributed by atoms with Crippen molar-refractivity contribution in [3.05, 3.63) is 52.3 Å². The molecule has 1 N–H and O–H groups in total. The summed E-state index contributed by atoms with van der Waals surface area (Å²) in [5, 5.41) is 7.24. The standard InChI is InChI=1S/C19H21ClF3N3O/c1-12-8-9-26(25-12)11-13-2-5-15(6-3-13)24-18(27)16-10-14(19(21,22)23)4-7-17(16)20/h4,7-10,13,15H,2-3,5-6,11H2,1H3,(H,24,27)/t13-,15-. The number of alkyl halides is 3. The van der Waals surface area contributed by atoms with Gasteiger partial charge in [0.05, 0.1) is 21.8 Å². The topological polar surface area (TPSA) is 46.9 Å². The van der Waals surface area contributed by atoms with Crippen LogP contribution in [0.1, 0.15) is 47.3 Å². The molecule has 0 spiro atoms. The van der Waals surface area contributed by atoms with E-state index in [0.29, 0.717) is 5.92 Å². The number of nitrogens with one attached hydrogen (secondary N) is 1. The van der Waals surface area contributed by atoms with Gasteiger partial charge in [0, 0.05) is 18.8 Å². The molecule has 0 radical (unpaired) electrons. The molecule has 1 saturated carbocycles. The van der Waals surface area contributed by atoms with Crippen LogP contribution in [0.15, 0.2) is 30.5 Å². The van der Waals surface area contributed by atoms with Gasteiger partial charge in [0.25, 0.3) is 5.91 Å². The molecule has 1 fully saturated rings. The van der Waals surface area contributed by atoms with E-state index in [1.54, 1.807) is 0 Å². The number of carbonyl (C=O) groups is 1. The highest BCUT2D eigenvalue weighted by Gasteiger charge is 2.32. The van der Waals surface area contributed by atoms with Gasteiger partial charge in [-0.2, -0.15) is 18.3 Å². The Morgan fingerprint density at radius 2 is 1.96 bits per heavy atom. The third kappa shape index (κ3) is 5.03. The molecule has 1 aromatic carbocycles. The molecule has 146 valence electrons.